The van der Waals surface area contributed by atoms with E-state index in [4.69, 9.17) is 0 Å². The number of halogens is 1. The molecule has 1 aliphatic carbocycles. The molecule has 1 saturated carbocycles. The molecule has 1 fully saturated rings. The summed E-state index contributed by atoms with van der Waals surface area (Å²) in [5, 5.41) is 21.3. The van der Waals surface area contributed by atoms with Crippen molar-refractivity contribution in [2.45, 2.75) is 37.6 Å². The van der Waals surface area contributed by atoms with Gasteiger partial charge < -0.3 is 15.5 Å². The van der Waals surface area contributed by atoms with E-state index in [1.54, 1.807) is 0 Å². The summed E-state index contributed by atoms with van der Waals surface area (Å²) in [6.07, 6.45) is 2.91. The van der Waals surface area contributed by atoms with Gasteiger partial charge in [-0.2, -0.15) is 0 Å². The summed E-state index contributed by atoms with van der Waals surface area (Å²) in [6.45, 7) is 0. The van der Waals surface area contributed by atoms with Gasteiger partial charge in [0.1, 0.15) is 22.7 Å². The van der Waals surface area contributed by atoms with Crippen LogP contribution in [0.5, 0.6) is 5.75 Å². The van der Waals surface area contributed by atoms with Gasteiger partial charge in [-0.25, -0.2) is 9.18 Å². The fourth-order valence-corrected chi connectivity index (χ4v) is 2.57. The van der Waals surface area contributed by atoms with Gasteiger partial charge in [-0.05, 0) is 25.0 Å². The molecule has 1 amide bonds. The SMILES string of the molecule is O=C(NC1(C(=O)O)CCCCC1)c1c(O)cccc1F. The summed E-state index contributed by atoms with van der Waals surface area (Å²) in [5.74, 6) is -3.40. The van der Waals surface area contributed by atoms with Crippen molar-refractivity contribution in [3.8, 4) is 5.75 Å². The third-order valence-corrected chi connectivity index (χ3v) is 3.69. The second-order valence-electron chi connectivity index (χ2n) is 5.04. The first-order chi connectivity index (χ1) is 9.46. The second-order valence-corrected chi connectivity index (χ2v) is 5.04. The third kappa shape index (κ3) is 2.59. The summed E-state index contributed by atoms with van der Waals surface area (Å²) in [6, 6.07) is 3.50. The molecule has 0 heterocycles. The van der Waals surface area contributed by atoms with Gasteiger partial charge >= 0.3 is 5.97 Å². The minimum Gasteiger partial charge on any atom is -0.507 e. The number of hydrogen-bond acceptors (Lipinski definition) is 3. The van der Waals surface area contributed by atoms with Gasteiger partial charge in [0, 0.05) is 0 Å². The summed E-state index contributed by atoms with van der Waals surface area (Å²) in [5.41, 5.74) is -1.89. The van der Waals surface area contributed by atoms with Crippen LogP contribution in [0.25, 0.3) is 0 Å². The van der Waals surface area contributed by atoms with Crippen LogP contribution < -0.4 is 5.32 Å². The third-order valence-electron chi connectivity index (χ3n) is 3.69. The molecule has 1 aromatic rings. The number of phenols is 1. The van der Waals surface area contributed by atoms with Crippen molar-refractivity contribution in [1.82, 2.24) is 5.32 Å². The maximum Gasteiger partial charge on any atom is 0.329 e. The summed E-state index contributed by atoms with van der Waals surface area (Å²) >= 11 is 0. The highest BCUT2D eigenvalue weighted by molar-refractivity contribution is 6.00. The van der Waals surface area contributed by atoms with E-state index in [1.165, 1.54) is 12.1 Å². The minimum absolute atomic E-state index is 0.309. The molecule has 108 valence electrons. The number of phenolic OH excluding ortho intramolecular Hbond substituents is 1. The largest absolute Gasteiger partial charge is 0.507 e. The lowest BCUT2D eigenvalue weighted by Gasteiger charge is -2.34. The highest BCUT2D eigenvalue weighted by Gasteiger charge is 2.41. The molecular weight excluding hydrogens is 265 g/mol. The zero-order chi connectivity index (χ0) is 14.8. The highest BCUT2D eigenvalue weighted by Crippen LogP contribution is 2.30. The standard InChI is InChI=1S/C14H16FNO4/c15-9-5-4-6-10(17)11(9)12(18)16-14(13(19)20)7-2-1-3-8-14/h4-6,17H,1-3,7-8H2,(H,16,18)(H,19,20). The van der Waals surface area contributed by atoms with Gasteiger partial charge in [0.2, 0.25) is 0 Å². The van der Waals surface area contributed by atoms with Crippen LogP contribution in [0.2, 0.25) is 0 Å². The highest BCUT2D eigenvalue weighted by atomic mass is 19.1. The predicted molar refractivity (Wildman–Crippen MR) is 69.0 cm³/mol. The summed E-state index contributed by atoms with van der Waals surface area (Å²) < 4.78 is 13.6. The first-order valence-corrected chi connectivity index (χ1v) is 6.50. The van der Waals surface area contributed by atoms with Crippen molar-refractivity contribution in [3.63, 3.8) is 0 Å². The normalized spacial score (nSPS) is 17.4. The van der Waals surface area contributed by atoms with E-state index in [0.29, 0.717) is 25.7 Å². The van der Waals surface area contributed by atoms with Crippen molar-refractivity contribution in [2.24, 2.45) is 0 Å². The number of carboxylic acids is 1. The number of carbonyl (C=O) groups excluding carboxylic acids is 1. The molecule has 6 heteroatoms. The van der Waals surface area contributed by atoms with Crippen LogP contribution in [-0.4, -0.2) is 27.6 Å². The van der Waals surface area contributed by atoms with E-state index in [0.717, 1.165) is 12.5 Å². The first-order valence-electron chi connectivity index (χ1n) is 6.50. The average molecular weight is 281 g/mol. The molecule has 0 spiro atoms. The molecule has 1 aromatic carbocycles. The molecule has 0 saturated heterocycles. The van der Waals surface area contributed by atoms with E-state index in [-0.39, 0.29) is 0 Å². The van der Waals surface area contributed by atoms with E-state index in [2.05, 4.69) is 5.32 Å². The van der Waals surface area contributed by atoms with Crippen LogP contribution in [0.3, 0.4) is 0 Å². The number of nitrogens with one attached hydrogen (secondary N) is 1. The Morgan fingerprint density at radius 1 is 1.20 bits per heavy atom. The summed E-state index contributed by atoms with van der Waals surface area (Å²) in [7, 11) is 0. The molecule has 0 radical (unpaired) electrons. The lowest BCUT2D eigenvalue weighted by atomic mass is 9.81. The van der Waals surface area contributed by atoms with Crippen molar-refractivity contribution >= 4 is 11.9 Å². The van der Waals surface area contributed by atoms with Crippen LogP contribution in [0, 0.1) is 5.82 Å². The molecule has 0 atom stereocenters. The molecule has 5 nitrogen and oxygen atoms in total. The number of carboxylic acid groups (broad SMARTS) is 1. The topological polar surface area (TPSA) is 86.6 Å². The van der Waals surface area contributed by atoms with Gasteiger partial charge in [0.05, 0.1) is 0 Å². The average Bonchev–Trinajstić information content (AvgIpc) is 2.39. The Hall–Kier alpha value is -2.11. The fourth-order valence-electron chi connectivity index (χ4n) is 2.57. The van der Waals surface area contributed by atoms with Gasteiger partial charge in [-0.15, -0.1) is 0 Å². The van der Waals surface area contributed by atoms with Gasteiger partial charge in [-0.1, -0.05) is 25.3 Å². The zero-order valence-corrected chi connectivity index (χ0v) is 10.9. The molecule has 2 rings (SSSR count). The number of aromatic hydroxyl groups is 1. The molecule has 20 heavy (non-hydrogen) atoms. The Labute approximate surface area is 115 Å². The predicted octanol–water partition coefficient (Wildman–Crippen LogP) is 2.05. The van der Waals surface area contributed by atoms with Gasteiger partial charge in [-0.3, -0.25) is 4.79 Å². The molecule has 0 aromatic heterocycles. The Morgan fingerprint density at radius 2 is 1.85 bits per heavy atom. The number of carbonyl (C=O) groups is 2. The Morgan fingerprint density at radius 3 is 2.40 bits per heavy atom. The molecule has 0 unspecified atom stereocenters. The van der Waals surface area contributed by atoms with E-state index < -0.39 is 34.5 Å². The summed E-state index contributed by atoms with van der Waals surface area (Å²) in [4.78, 5) is 23.5. The number of aliphatic carboxylic acids is 1. The second kappa shape index (κ2) is 5.48. The van der Waals surface area contributed by atoms with Crippen molar-refractivity contribution in [3.05, 3.63) is 29.6 Å². The quantitative estimate of drug-likeness (QED) is 0.791. The van der Waals surface area contributed by atoms with Crippen molar-refractivity contribution in [2.75, 3.05) is 0 Å². The number of rotatable bonds is 3. The molecule has 0 bridgehead atoms. The van der Waals surface area contributed by atoms with Crippen LogP contribution in [-0.2, 0) is 4.79 Å². The van der Waals surface area contributed by atoms with Crippen LogP contribution in [0.4, 0.5) is 4.39 Å². The Balaban J connectivity index is 2.27. The van der Waals surface area contributed by atoms with E-state index in [9.17, 15) is 24.2 Å². The molecular formula is C14H16FNO4. The lowest BCUT2D eigenvalue weighted by Crippen LogP contribution is -2.55. The first kappa shape index (κ1) is 14.3. The van der Waals surface area contributed by atoms with Gasteiger partial charge in [0.15, 0.2) is 0 Å². The fraction of sp³-hybridized carbons (Fsp3) is 0.429. The smallest absolute Gasteiger partial charge is 0.329 e. The van der Waals surface area contributed by atoms with Gasteiger partial charge in [0.25, 0.3) is 5.91 Å². The Kier molecular flexibility index (Phi) is 3.92. The monoisotopic (exact) mass is 281 g/mol. The van der Waals surface area contributed by atoms with E-state index >= 15 is 0 Å². The molecule has 3 N–H and O–H groups in total. The molecule has 1 aliphatic rings. The molecule has 0 aliphatic heterocycles. The number of hydrogen-bond donors (Lipinski definition) is 3. The number of benzene rings is 1. The van der Waals surface area contributed by atoms with Crippen LogP contribution in [0.1, 0.15) is 42.5 Å². The lowest BCUT2D eigenvalue weighted by molar-refractivity contribution is -0.145. The minimum atomic E-state index is -1.37. The van der Waals surface area contributed by atoms with E-state index in [1.807, 2.05) is 0 Å². The maximum absolute atomic E-state index is 13.6. The zero-order valence-electron chi connectivity index (χ0n) is 10.9. The van der Waals surface area contributed by atoms with Crippen LogP contribution in [0.15, 0.2) is 18.2 Å². The Bertz CT molecular complexity index is 518. The van der Waals surface area contributed by atoms with Crippen molar-refractivity contribution in [1.29, 1.82) is 0 Å². The number of amides is 1. The van der Waals surface area contributed by atoms with Crippen LogP contribution >= 0.6 is 0 Å². The maximum atomic E-state index is 13.6. The van der Waals surface area contributed by atoms with Crippen molar-refractivity contribution < 1.29 is 24.2 Å².